The third-order valence-electron chi connectivity index (χ3n) is 4.21. The number of hydrogen-bond donors (Lipinski definition) is 2. The fraction of sp³-hybridized carbons (Fsp3) is 0.368. The largest absolute Gasteiger partial charge is 0.399 e. The van der Waals surface area contributed by atoms with Gasteiger partial charge < -0.3 is 21.3 Å². The van der Waals surface area contributed by atoms with Crippen molar-refractivity contribution in [3.63, 3.8) is 0 Å². The van der Waals surface area contributed by atoms with Gasteiger partial charge in [0.15, 0.2) is 0 Å². The van der Waals surface area contributed by atoms with Crippen molar-refractivity contribution in [3.8, 4) is 0 Å². The monoisotopic (exact) mass is 366 g/mol. The predicted molar refractivity (Wildman–Crippen MR) is 99.0 cm³/mol. The maximum atomic E-state index is 13.0. The second-order valence-corrected chi connectivity index (χ2v) is 6.40. The number of hydrogen-bond acceptors (Lipinski definition) is 4. The molecule has 0 bridgehead atoms. The van der Waals surface area contributed by atoms with Gasteiger partial charge in [0, 0.05) is 43.8 Å². The summed E-state index contributed by atoms with van der Waals surface area (Å²) in [6.07, 6.45) is 1.37. The summed E-state index contributed by atoms with van der Waals surface area (Å²) in [6.45, 7) is 3.22. The number of nitrogen functional groups attached to an aromatic ring is 1. The highest BCUT2D eigenvalue weighted by molar-refractivity contribution is 5.38. The molecule has 1 saturated heterocycles. The summed E-state index contributed by atoms with van der Waals surface area (Å²) in [5.74, 6) is -1.60. The van der Waals surface area contributed by atoms with Crippen LogP contribution in [0.3, 0.4) is 0 Å². The fourth-order valence-corrected chi connectivity index (χ4v) is 2.66. The molecule has 0 saturated carbocycles. The lowest BCUT2D eigenvalue weighted by molar-refractivity contribution is -0.151. The summed E-state index contributed by atoms with van der Waals surface area (Å²) in [6, 6.07) is 9.49. The molecule has 0 radical (unpaired) electrons. The molecule has 0 spiro atoms. The highest BCUT2D eigenvalue weighted by Gasteiger charge is 2.41. The number of rotatable bonds is 1. The molecule has 4 nitrogen and oxygen atoms in total. The van der Waals surface area contributed by atoms with Crippen molar-refractivity contribution < 1.29 is 13.2 Å². The minimum Gasteiger partial charge on any atom is -0.399 e. The number of likely N-dealkylation sites (N-methyl/N-ethyl adjacent to an activating group) is 1. The normalized spacial score (nSPS) is 22.6. The summed E-state index contributed by atoms with van der Waals surface area (Å²) in [5, 5.41) is 0. The quantitative estimate of drug-likeness (QED) is 0.751. The summed E-state index contributed by atoms with van der Waals surface area (Å²) < 4.78 is 38.9. The molecule has 1 aromatic rings. The Balaban J connectivity index is 0.000000290. The molecule has 3 rings (SSSR count). The molecule has 2 aliphatic rings. The standard InChI is InChI=1S/C13H18F3N3.C6H7N/c1-18-4-6-19(7-5-18)9-10-2-3-11(17)8-12(10)13(14,15)16;7-6-4-2-1-3-5-6/h2-3,8-9,12H,4-7,17H2,1H3;1-5H,7H2. The topological polar surface area (TPSA) is 58.5 Å². The van der Waals surface area contributed by atoms with Gasteiger partial charge in [-0.05, 0) is 36.9 Å². The van der Waals surface area contributed by atoms with Crippen LogP contribution in [0.5, 0.6) is 0 Å². The van der Waals surface area contributed by atoms with Gasteiger partial charge in [0.2, 0.25) is 0 Å². The number of para-hydroxylation sites is 1. The zero-order valence-electron chi connectivity index (χ0n) is 14.8. The first-order chi connectivity index (χ1) is 12.3. The molecule has 7 heteroatoms. The van der Waals surface area contributed by atoms with Crippen LogP contribution in [0.25, 0.3) is 0 Å². The molecular weight excluding hydrogens is 341 g/mol. The van der Waals surface area contributed by atoms with Gasteiger partial charge in [0.25, 0.3) is 0 Å². The van der Waals surface area contributed by atoms with E-state index in [1.165, 1.54) is 12.2 Å². The Morgan fingerprint density at radius 1 is 1.00 bits per heavy atom. The number of halogens is 3. The van der Waals surface area contributed by atoms with Gasteiger partial charge in [-0.2, -0.15) is 13.2 Å². The first-order valence-corrected chi connectivity index (χ1v) is 8.42. The van der Waals surface area contributed by atoms with E-state index < -0.39 is 12.1 Å². The molecule has 4 N–H and O–H groups in total. The molecule has 1 heterocycles. The van der Waals surface area contributed by atoms with E-state index in [4.69, 9.17) is 11.5 Å². The second kappa shape index (κ2) is 8.80. The van der Waals surface area contributed by atoms with Gasteiger partial charge >= 0.3 is 6.18 Å². The van der Waals surface area contributed by atoms with Crippen LogP contribution in [-0.2, 0) is 0 Å². The Morgan fingerprint density at radius 3 is 2.12 bits per heavy atom. The van der Waals surface area contributed by atoms with E-state index in [0.29, 0.717) is 0 Å². The van der Waals surface area contributed by atoms with Crippen molar-refractivity contribution in [2.75, 3.05) is 39.0 Å². The Labute approximate surface area is 152 Å². The molecule has 1 atom stereocenters. The molecule has 1 aliphatic carbocycles. The van der Waals surface area contributed by atoms with Crippen molar-refractivity contribution in [3.05, 3.63) is 66.0 Å². The van der Waals surface area contributed by atoms with Crippen molar-refractivity contribution in [2.45, 2.75) is 6.18 Å². The molecule has 1 aliphatic heterocycles. The fourth-order valence-electron chi connectivity index (χ4n) is 2.66. The molecule has 1 fully saturated rings. The first-order valence-electron chi connectivity index (χ1n) is 8.42. The number of anilines is 1. The highest BCUT2D eigenvalue weighted by atomic mass is 19.4. The Hall–Kier alpha value is -2.41. The third-order valence-corrected chi connectivity index (χ3v) is 4.21. The van der Waals surface area contributed by atoms with Crippen LogP contribution in [0.1, 0.15) is 0 Å². The second-order valence-electron chi connectivity index (χ2n) is 6.40. The lowest BCUT2D eigenvalue weighted by Crippen LogP contribution is -2.42. The molecule has 1 unspecified atom stereocenters. The van der Waals surface area contributed by atoms with Crippen LogP contribution < -0.4 is 11.5 Å². The minimum absolute atomic E-state index is 0.165. The minimum atomic E-state index is -4.30. The van der Waals surface area contributed by atoms with E-state index in [1.54, 1.807) is 6.20 Å². The Kier molecular flexibility index (Phi) is 6.74. The summed E-state index contributed by atoms with van der Waals surface area (Å²) in [5.41, 5.74) is 12.1. The Bertz CT molecular complexity index is 657. The van der Waals surface area contributed by atoms with E-state index in [9.17, 15) is 13.2 Å². The van der Waals surface area contributed by atoms with E-state index in [1.807, 2.05) is 42.3 Å². The van der Waals surface area contributed by atoms with E-state index in [0.717, 1.165) is 37.9 Å². The summed E-state index contributed by atoms with van der Waals surface area (Å²) in [7, 11) is 2.01. The van der Waals surface area contributed by atoms with Gasteiger partial charge in [0.1, 0.15) is 5.92 Å². The van der Waals surface area contributed by atoms with Crippen molar-refractivity contribution in [2.24, 2.45) is 11.7 Å². The zero-order chi connectivity index (χ0) is 19.2. The average Bonchev–Trinajstić information content (AvgIpc) is 2.59. The smallest absolute Gasteiger partial charge is 0.399 e. The van der Waals surface area contributed by atoms with Gasteiger partial charge in [-0.25, -0.2) is 0 Å². The maximum absolute atomic E-state index is 13.0. The zero-order valence-corrected chi connectivity index (χ0v) is 14.8. The first kappa shape index (κ1) is 19.9. The predicted octanol–water partition coefficient (Wildman–Crippen LogP) is 2.98. The van der Waals surface area contributed by atoms with Crippen LogP contribution in [0.4, 0.5) is 18.9 Å². The highest BCUT2D eigenvalue weighted by Crippen LogP contribution is 2.36. The van der Waals surface area contributed by atoms with E-state index in [2.05, 4.69) is 4.90 Å². The van der Waals surface area contributed by atoms with Gasteiger partial charge in [-0.15, -0.1) is 0 Å². The van der Waals surface area contributed by atoms with Crippen molar-refractivity contribution in [1.82, 2.24) is 9.80 Å². The Morgan fingerprint density at radius 2 is 1.62 bits per heavy atom. The summed E-state index contributed by atoms with van der Waals surface area (Å²) in [4.78, 5) is 4.10. The lowest BCUT2D eigenvalue weighted by Gasteiger charge is -2.33. The average molecular weight is 366 g/mol. The van der Waals surface area contributed by atoms with Crippen LogP contribution in [0.2, 0.25) is 0 Å². The van der Waals surface area contributed by atoms with Gasteiger partial charge in [-0.1, -0.05) is 24.3 Å². The van der Waals surface area contributed by atoms with Crippen molar-refractivity contribution in [1.29, 1.82) is 0 Å². The lowest BCUT2D eigenvalue weighted by atomic mass is 9.93. The number of allylic oxidation sites excluding steroid dienone is 4. The SMILES string of the molecule is CN1CCN(C=C2C=CC(N)=CC2C(F)(F)F)CC1.Nc1ccccc1. The summed E-state index contributed by atoms with van der Waals surface area (Å²) >= 11 is 0. The third kappa shape index (κ3) is 6.15. The number of nitrogens with zero attached hydrogens (tertiary/aromatic N) is 2. The maximum Gasteiger partial charge on any atom is 0.399 e. The van der Waals surface area contributed by atoms with Gasteiger partial charge in [0.05, 0.1) is 0 Å². The van der Waals surface area contributed by atoms with Crippen molar-refractivity contribution >= 4 is 5.69 Å². The number of piperazine rings is 1. The number of alkyl halides is 3. The van der Waals surface area contributed by atoms with Gasteiger partial charge in [-0.3, -0.25) is 0 Å². The van der Waals surface area contributed by atoms with E-state index in [-0.39, 0.29) is 11.3 Å². The van der Waals surface area contributed by atoms with Crippen LogP contribution >= 0.6 is 0 Å². The van der Waals surface area contributed by atoms with Crippen LogP contribution in [0.15, 0.2) is 66.0 Å². The van der Waals surface area contributed by atoms with E-state index >= 15 is 0 Å². The number of benzene rings is 1. The van der Waals surface area contributed by atoms with Crippen LogP contribution in [-0.4, -0.2) is 49.2 Å². The molecule has 0 amide bonds. The molecule has 26 heavy (non-hydrogen) atoms. The molecule has 142 valence electrons. The molecule has 0 aromatic heterocycles. The number of nitrogens with two attached hydrogens (primary N) is 2. The molecule has 1 aromatic carbocycles. The molecular formula is C19H25F3N4. The van der Waals surface area contributed by atoms with Crippen LogP contribution in [0, 0.1) is 5.92 Å².